The third-order valence-electron chi connectivity index (χ3n) is 4.46. The van der Waals surface area contributed by atoms with Gasteiger partial charge in [-0.15, -0.1) is 0 Å². The highest BCUT2D eigenvalue weighted by Gasteiger charge is 2.31. The zero-order valence-corrected chi connectivity index (χ0v) is 17.5. The molecule has 0 aromatic heterocycles. The standard InChI is InChI=1S/C23H28O7/c1-4-6-14-29-23(26)30-18-13-12-17(15-19(18)27-3)21(24)20(22(25)28-5-2)16-10-8-7-9-11-16/h7-13,15,20-21,24H,4-6,14H2,1-3H3. The highest BCUT2D eigenvalue weighted by molar-refractivity contribution is 5.79. The van der Waals surface area contributed by atoms with Crippen LogP contribution in [0.25, 0.3) is 0 Å². The quantitative estimate of drug-likeness (QED) is 0.349. The second-order valence-corrected chi connectivity index (χ2v) is 6.55. The van der Waals surface area contributed by atoms with E-state index in [-0.39, 0.29) is 24.7 Å². The second kappa shape index (κ2) is 11.8. The van der Waals surface area contributed by atoms with Crippen LogP contribution in [0.2, 0.25) is 0 Å². The molecule has 2 aromatic rings. The van der Waals surface area contributed by atoms with Gasteiger partial charge in [-0.1, -0.05) is 49.7 Å². The zero-order valence-electron chi connectivity index (χ0n) is 17.5. The fourth-order valence-corrected chi connectivity index (χ4v) is 2.90. The molecule has 0 aliphatic heterocycles. The molecule has 0 radical (unpaired) electrons. The Morgan fingerprint density at radius 1 is 0.967 bits per heavy atom. The van der Waals surface area contributed by atoms with Gasteiger partial charge in [0.2, 0.25) is 0 Å². The Bertz CT molecular complexity index is 820. The van der Waals surface area contributed by atoms with Gasteiger partial charge in [-0.05, 0) is 36.6 Å². The molecule has 0 saturated heterocycles. The normalized spacial score (nSPS) is 12.5. The summed E-state index contributed by atoms with van der Waals surface area (Å²) in [6.07, 6.45) is -0.382. The number of benzene rings is 2. The Kier molecular flexibility index (Phi) is 9.15. The topological polar surface area (TPSA) is 91.3 Å². The van der Waals surface area contributed by atoms with Crippen molar-refractivity contribution in [2.75, 3.05) is 20.3 Å². The molecule has 0 saturated carbocycles. The molecule has 0 aliphatic carbocycles. The molecular weight excluding hydrogens is 388 g/mol. The molecular formula is C23H28O7. The second-order valence-electron chi connectivity index (χ2n) is 6.55. The van der Waals surface area contributed by atoms with Gasteiger partial charge in [0, 0.05) is 0 Å². The first-order valence-electron chi connectivity index (χ1n) is 9.93. The molecule has 2 atom stereocenters. The number of esters is 1. The van der Waals surface area contributed by atoms with Gasteiger partial charge in [-0.3, -0.25) is 4.79 Å². The monoisotopic (exact) mass is 416 g/mol. The maximum atomic E-state index is 12.6. The summed E-state index contributed by atoms with van der Waals surface area (Å²) in [5.74, 6) is -1.06. The lowest BCUT2D eigenvalue weighted by Crippen LogP contribution is -2.23. The summed E-state index contributed by atoms with van der Waals surface area (Å²) < 4.78 is 20.6. The van der Waals surface area contributed by atoms with Crippen molar-refractivity contribution in [2.45, 2.75) is 38.7 Å². The number of hydrogen-bond donors (Lipinski definition) is 1. The van der Waals surface area contributed by atoms with Crippen molar-refractivity contribution >= 4 is 12.1 Å². The lowest BCUT2D eigenvalue weighted by molar-refractivity contribution is -0.148. The smallest absolute Gasteiger partial charge is 0.493 e. The van der Waals surface area contributed by atoms with Crippen molar-refractivity contribution in [1.29, 1.82) is 0 Å². The summed E-state index contributed by atoms with van der Waals surface area (Å²) in [4.78, 5) is 24.4. The molecule has 7 heteroatoms. The molecule has 2 rings (SSSR count). The third-order valence-corrected chi connectivity index (χ3v) is 4.46. The molecule has 30 heavy (non-hydrogen) atoms. The fourth-order valence-electron chi connectivity index (χ4n) is 2.90. The van der Waals surface area contributed by atoms with Gasteiger partial charge < -0.3 is 24.1 Å². The number of aliphatic hydroxyl groups is 1. The van der Waals surface area contributed by atoms with Crippen molar-refractivity contribution < 1.29 is 33.6 Å². The third kappa shape index (κ3) is 6.22. The van der Waals surface area contributed by atoms with Gasteiger partial charge in [-0.25, -0.2) is 4.79 Å². The Hall–Kier alpha value is -3.06. The maximum absolute atomic E-state index is 12.6. The van der Waals surface area contributed by atoms with Gasteiger partial charge >= 0.3 is 12.1 Å². The SMILES string of the molecule is CCCCOC(=O)Oc1ccc(C(O)C(C(=O)OCC)c2ccccc2)cc1OC. The van der Waals surface area contributed by atoms with E-state index in [4.69, 9.17) is 18.9 Å². The van der Waals surface area contributed by atoms with Crippen LogP contribution in [0.5, 0.6) is 11.5 Å². The summed E-state index contributed by atoms with van der Waals surface area (Å²) in [5, 5.41) is 11.0. The Balaban J connectivity index is 2.25. The Morgan fingerprint density at radius 2 is 1.70 bits per heavy atom. The summed E-state index contributed by atoms with van der Waals surface area (Å²) in [7, 11) is 1.42. The highest BCUT2D eigenvalue weighted by atomic mass is 16.7. The molecule has 1 N–H and O–H groups in total. The predicted octanol–water partition coefficient (Wildman–Crippen LogP) is 4.39. The number of unbranched alkanes of at least 4 members (excludes halogenated alkanes) is 1. The van der Waals surface area contributed by atoms with Crippen LogP contribution >= 0.6 is 0 Å². The van der Waals surface area contributed by atoms with Crippen LogP contribution in [0.15, 0.2) is 48.5 Å². The first-order valence-corrected chi connectivity index (χ1v) is 9.93. The van der Waals surface area contributed by atoms with Gasteiger partial charge in [0.05, 0.1) is 26.4 Å². The molecule has 0 heterocycles. The number of methoxy groups -OCH3 is 1. The van der Waals surface area contributed by atoms with E-state index in [9.17, 15) is 14.7 Å². The number of carbonyl (C=O) groups excluding carboxylic acids is 2. The van der Waals surface area contributed by atoms with Crippen LogP contribution in [0.3, 0.4) is 0 Å². The Morgan fingerprint density at radius 3 is 2.33 bits per heavy atom. The molecule has 2 aromatic carbocycles. The van der Waals surface area contributed by atoms with Crippen molar-refractivity contribution in [1.82, 2.24) is 0 Å². The lowest BCUT2D eigenvalue weighted by atomic mass is 9.89. The van der Waals surface area contributed by atoms with E-state index in [1.165, 1.54) is 19.2 Å². The van der Waals surface area contributed by atoms with E-state index in [1.54, 1.807) is 37.3 Å². The average molecular weight is 416 g/mol. The number of ether oxygens (including phenoxy) is 4. The van der Waals surface area contributed by atoms with Crippen LogP contribution in [-0.4, -0.2) is 37.6 Å². The van der Waals surface area contributed by atoms with Gasteiger partial charge in [0.25, 0.3) is 0 Å². The minimum absolute atomic E-state index is 0.155. The highest BCUT2D eigenvalue weighted by Crippen LogP contribution is 2.37. The molecule has 0 aliphatic rings. The summed E-state index contributed by atoms with van der Waals surface area (Å²) in [5.41, 5.74) is 1.04. The summed E-state index contributed by atoms with van der Waals surface area (Å²) in [6.45, 7) is 4.17. The summed E-state index contributed by atoms with van der Waals surface area (Å²) in [6, 6.07) is 13.5. The van der Waals surface area contributed by atoms with Crippen molar-refractivity contribution in [3.05, 3.63) is 59.7 Å². The van der Waals surface area contributed by atoms with E-state index in [0.717, 1.165) is 12.8 Å². The number of aliphatic hydroxyl groups excluding tert-OH is 1. The maximum Gasteiger partial charge on any atom is 0.513 e. The molecule has 2 unspecified atom stereocenters. The van der Waals surface area contributed by atoms with E-state index in [0.29, 0.717) is 11.1 Å². The zero-order chi connectivity index (χ0) is 21.9. The van der Waals surface area contributed by atoms with Crippen LogP contribution in [0.4, 0.5) is 4.79 Å². The van der Waals surface area contributed by atoms with Gasteiger partial charge in [0.1, 0.15) is 5.92 Å². The van der Waals surface area contributed by atoms with Gasteiger partial charge in [0.15, 0.2) is 11.5 Å². The number of carbonyl (C=O) groups is 2. The minimum atomic E-state index is -1.19. The Labute approximate surface area is 176 Å². The molecule has 0 fully saturated rings. The lowest BCUT2D eigenvalue weighted by Gasteiger charge is -2.23. The van der Waals surface area contributed by atoms with Crippen LogP contribution in [0, 0.1) is 0 Å². The first kappa shape index (κ1) is 23.2. The van der Waals surface area contributed by atoms with E-state index in [1.807, 2.05) is 13.0 Å². The summed E-state index contributed by atoms with van der Waals surface area (Å²) >= 11 is 0. The van der Waals surface area contributed by atoms with E-state index in [2.05, 4.69) is 0 Å². The average Bonchev–Trinajstić information content (AvgIpc) is 2.75. The fraction of sp³-hybridized carbons (Fsp3) is 0.391. The van der Waals surface area contributed by atoms with Crippen LogP contribution in [-0.2, 0) is 14.3 Å². The minimum Gasteiger partial charge on any atom is -0.493 e. The molecule has 0 bridgehead atoms. The van der Waals surface area contributed by atoms with E-state index >= 15 is 0 Å². The predicted molar refractivity (Wildman–Crippen MR) is 111 cm³/mol. The molecule has 0 spiro atoms. The largest absolute Gasteiger partial charge is 0.513 e. The van der Waals surface area contributed by atoms with Crippen LogP contribution in [0.1, 0.15) is 49.8 Å². The van der Waals surface area contributed by atoms with E-state index < -0.39 is 24.1 Å². The van der Waals surface area contributed by atoms with Crippen LogP contribution < -0.4 is 9.47 Å². The molecule has 7 nitrogen and oxygen atoms in total. The van der Waals surface area contributed by atoms with Gasteiger partial charge in [-0.2, -0.15) is 0 Å². The molecule has 0 amide bonds. The van der Waals surface area contributed by atoms with Crippen molar-refractivity contribution in [2.24, 2.45) is 0 Å². The number of rotatable bonds is 10. The first-order chi connectivity index (χ1) is 14.5. The number of hydrogen-bond acceptors (Lipinski definition) is 7. The van der Waals surface area contributed by atoms with Crippen molar-refractivity contribution in [3.8, 4) is 11.5 Å². The molecule has 162 valence electrons. The van der Waals surface area contributed by atoms with Crippen molar-refractivity contribution in [3.63, 3.8) is 0 Å².